The number of hydrogen-bond acceptors (Lipinski definition) is 21. The quantitative estimate of drug-likeness (QED) is 0.0537. The van der Waals surface area contributed by atoms with Crippen molar-refractivity contribution < 1.29 is 102 Å². The summed E-state index contributed by atoms with van der Waals surface area (Å²) in [7, 11) is 0. The number of fused-ring (bicyclic) bond motifs is 5. The third-order valence-corrected chi connectivity index (χ3v) is 16.7. The van der Waals surface area contributed by atoms with Gasteiger partial charge < -0.3 is 74.4 Å². The number of carbonyl (C=O) groups excluding carboxylic acids is 8. The molecule has 23 nitrogen and oxygen atoms in total. The Morgan fingerprint density at radius 1 is 0.778 bits per heavy atom. The van der Waals surface area contributed by atoms with E-state index >= 15 is 4.79 Å². The van der Waals surface area contributed by atoms with Crippen LogP contribution in [0.3, 0.4) is 0 Å². The van der Waals surface area contributed by atoms with Crippen molar-refractivity contribution in [1.82, 2.24) is 10.6 Å². The summed E-state index contributed by atoms with van der Waals surface area (Å²) in [6, 6.07) is 22.3. The fraction of sp³-hybridized carbons (Fsp3) is 0.517. The number of hydrogen-bond donors (Lipinski definition) is 8. The summed E-state index contributed by atoms with van der Waals surface area (Å²) in [4.78, 5) is 113. The Kier molecular flexibility index (Phi) is 17.7. The molecule has 16 atom stereocenters. The van der Waals surface area contributed by atoms with Crippen LogP contribution in [0.25, 0.3) is 0 Å². The van der Waals surface area contributed by atoms with Crippen LogP contribution in [0.5, 0.6) is 0 Å². The van der Waals surface area contributed by atoms with Gasteiger partial charge in [-0.15, -0.1) is 0 Å². The lowest BCUT2D eigenvalue weighted by Crippen LogP contribution is -2.82. The number of ether oxygens (including phenoxy) is 7. The zero-order valence-corrected chi connectivity index (χ0v) is 45.4. The fourth-order valence-electron chi connectivity index (χ4n) is 12.4. The summed E-state index contributed by atoms with van der Waals surface area (Å²) in [5, 5.41) is 71.5. The summed E-state index contributed by atoms with van der Waals surface area (Å²) >= 11 is 0. The summed E-state index contributed by atoms with van der Waals surface area (Å²) in [5.74, 6) is -9.38. The van der Waals surface area contributed by atoms with E-state index < -0.39 is 181 Å². The molecular weight excluding hydrogens is 1060 g/mol. The summed E-state index contributed by atoms with van der Waals surface area (Å²) in [6.07, 6.45) is -20.8. The first-order valence-electron chi connectivity index (χ1n) is 26.6. The molecule has 0 radical (unpaired) electrons. The Hall–Kier alpha value is -6.96. The molecule has 8 rings (SSSR count). The third kappa shape index (κ3) is 11.4. The van der Waals surface area contributed by atoms with Crippen molar-refractivity contribution in [2.75, 3.05) is 13.2 Å². The number of carbonyl (C=O) groups is 8. The van der Waals surface area contributed by atoms with E-state index in [1.807, 2.05) is 0 Å². The average Bonchev–Trinajstić information content (AvgIpc) is 2.16. The molecule has 5 aliphatic rings. The minimum absolute atomic E-state index is 0.0255. The fourth-order valence-corrected chi connectivity index (χ4v) is 12.4. The zero-order chi connectivity index (χ0) is 58.9. The Balaban J connectivity index is 1.20. The van der Waals surface area contributed by atoms with Gasteiger partial charge in [0.25, 0.3) is 5.91 Å². The van der Waals surface area contributed by atoms with Gasteiger partial charge in [-0.25, -0.2) is 9.59 Å². The topological polar surface area (TPSA) is 347 Å². The lowest BCUT2D eigenvalue weighted by molar-refractivity contribution is -0.346. The van der Waals surface area contributed by atoms with Crippen molar-refractivity contribution in [1.29, 1.82) is 0 Å². The number of aliphatic hydroxyl groups excluding tert-OH is 5. The van der Waals surface area contributed by atoms with Crippen molar-refractivity contribution in [3.8, 4) is 0 Å². The molecule has 23 heteroatoms. The van der Waals surface area contributed by atoms with Gasteiger partial charge in [-0.05, 0) is 61.2 Å². The highest BCUT2D eigenvalue weighted by molar-refractivity contribution is 5.96. The molecule has 4 fully saturated rings. The normalized spacial score (nSPS) is 32.7. The molecule has 436 valence electrons. The number of aliphatic hydroxyl groups is 6. The van der Waals surface area contributed by atoms with E-state index in [-0.39, 0.29) is 35.1 Å². The molecule has 2 saturated carbocycles. The van der Waals surface area contributed by atoms with Crippen LogP contribution >= 0.6 is 0 Å². The highest BCUT2D eigenvalue weighted by atomic mass is 16.6. The molecule has 0 aromatic heterocycles. The monoisotopic (exact) mass is 1130 g/mol. The Morgan fingerprint density at radius 3 is 1.98 bits per heavy atom. The highest BCUT2D eigenvalue weighted by Crippen LogP contribution is 2.65. The van der Waals surface area contributed by atoms with Crippen molar-refractivity contribution in [3.05, 3.63) is 119 Å². The van der Waals surface area contributed by atoms with E-state index in [1.54, 1.807) is 66.7 Å². The molecule has 81 heavy (non-hydrogen) atoms. The van der Waals surface area contributed by atoms with E-state index in [4.69, 9.17) is 33.2 Å². The van der Waals surface area contributed by atoms with E-state index in [9.17, 15) is 64.2 Å². The van der Waals surface area contributed by atoms with Crippen LogP contribution in [0.1, 0.15) is 106 Å². The average molecular weight is 1130 g/mol. The molecule has 2 bridgehead atoms. The van der Waals surface area contributed by atoms with Gasteiger partial charge in [-0.3, -0.25) is 28.8 Å². The first-order valence-corrected chi connectivity index (χ1v) is 26.6. The second-order valence-corrected chi connectivity index (χ2v) is 22.0. The van der Waals surface area contributed by atoms with Gasteiger partial charge in [0, 0.05) is 50.5 Å². The molecule has 1 unspecified atom stereocenters. The molecule has 8 N–H and O–H groups in total. The largest absolute Gasteiger partial charge is 0.461 e. The minimum atomic E-state index is -2.57. The Bertz CT molecular complexity index is 2900. The van der Waals surface area contributed by atoms with Crippen LogP contribution in [-0.2, 0) is 61.9 Å². The lowest BCUT2D eigenvalue weighted by Gasteiger charge is -2.67. The van der Waals surface area contributed by atoms with Crippen molar-refractivity contribution in [3.63, 3.8) is 0 Å². The third-order valence-electron chi connectivity index (χ3n) is 16.7. The lowest BCUT2D eigenvalue weighted by atomic mass is 9.44. The molecule has 2 aliphatic heterocycles. The van der Waals surface area contributed by atoms with Crippen LogP contribution in [-0.4, -0.2) is 170 Å². The first kappa shape index (κ1) is 60.1. The second-order valence-electron chi connectivity index (χ2n) is 22.0. The predicted octanol–water partition coefficient (Wildman–Crippen LogP) is 1.37. The van der Waals surface area contributed by atoms with Gasteiger partial charge >= 0.3 is 29.8 Å². The molecule has 0 spiro atoms. The number of amides is 2. The zero-order valence-electron chi connectivity index (χ0n) is 45.4. The van der Waals surface area contributed by atoms with Crippen LogP contribution in [0, 0.1) is 16.7 Å². The molecule has 3 aromatic rings. The molecular formula is C58H68N2O21. The number of Topliss-reactive ketones (excluding diaryl/α,β-unsaturated/α-hetero) is 1. The van der Waals surface area contributed by atoms with Gasteiger partial charge in [-0.1, -0.05) is 80.6 Å². The molecule has 2 heterocycles. The van der Waals surface area contributed by atoms with Gasteiger partial charge in [-0.2, -0.15) is 0 Å². The maximum Gasteiger partial charge on any atom is 0.338 e. The molecule has 3 aliphatic carbocycles. The maximum absolute atomic E-state index is 16.3. The van der Waals surface area contributed by atoms with Crippen LogP contribution in [0.2, 0.25) is 0 Å². The maximum atomic E-state index is 16.3. The SMILES string of the molecule is CC(=O)O[C@H]1C(=O)[C@@]2(C)C([C@H](OC(=O)c3ccccc3)[C@]3(O)C[C@H](OC(=O)[C@H](O)[C@@H](NC(=O)c4ccccc4)c4ccccc4)C(C)=C1C3(C)C)[C@]1(OC(C)=O)CO[C@@H]1C[C@@H]2OC(=O)CCCC(=O)N[C@@H]1O[C@H](CO)[C@@H](O)[C@H](O)[C@H]1O. The Labute approximate surface area is 465 Å². The summed E-state index contributed by atoms with van der Waals surface area (Å²) in [5.41, 5.74) is -8.20. The minimum Gasteiger partial charge on any atom is -0.461 e. The van der Waals surface area contributed by atoms with Crippen molar-refractivity contribution in [2.45, 2.75) is 158 Å². The van der Waals surface area contributed by atoms with Crippen LogP contribution < -0.4 is 10.6 Å². The summed E-state index contributed by atoms with van der Waals surface area (Å²) < 4.78 is 42.6. The van der Waals surface area contributed by atoms with Gasteiger partial charge in [0.1, 0.15) is 54.4 Å². The van der Waals surface area contributed by atoms with Crippen LogP contribution in [0.4, 0.5) is 0 Å². The molecule has 3 aromatic carbocycles. The van der Waals surface area contributed by atoms with Gasteiger partial charge in [0.05, 0.1) is 36.2 Å². The van der Waals surface area contributed by atoms with Gasteiger partial charge in [0.15, 0.2) is 29.8 Å². The molecule has 2 saturated heterocycles. The number of esters is 5. The standard InChI is InChI=1S/C58H68N2O21/c1-29-35(78-54(73)44(67)42(32-17-10-7-11-18-32)60-51(71)33-19-12-8-13-20-33)26-58(74)50(80-53(72)34-21-14-9-15-22-34)48-56(6,49(70)47(76-30(2)62)41(29)55(58,4)5)37(25-38-57(48,28-75-38)81-31(3)63)79-40(65)24-16-23-39(64)59-52-46(69)45(68)43(66)36(27-61)77-52/h7-15,17-22,35-38,42-48,50,52,61,66-69,74H,16,23-28H2,1-6H3,(H,59,64)(H,60,71)/t35-,36+,37-,38+,42-,43+,44+,45-,46+,47+,48?,50-,52+,56+,57-,58+/m0/s1. The van der Waals surface area contributed by atoms with E-state index in [0.717, 1.165) is 13.8 Å². The number of ketones is 1. The van der Waals surface area contributed by atoms with Crippen molar-refractivity contribution in [2.24, 2.45) is 16.7 Å². The van der Waals surface area contributed by atoms with Crippen LogP contribution in [0.15, 0.2) is 102 Å². The van der Waals surface area contributed by atoms with E-state index in [1.165, 1.54) is 52.0 Å². The summed E-state index contributed by atoms with van der Waals surface area (Å²) in [6.45, 7) is 6.73. The van der Waals surface area contributed by atoms with E-state index in [2.05, 4.69) is 10.6 Å². The van der Waals surface area contributed by atoms with Crippen molar-refractivity contribution >= 4 is 47.4 Å². The second kappa shape index (κ2) is 23.9. The van der Waals surface area contributed by atoms with Gasteiger partial charge in [0.2, 0.25) is 5.91 Å². The van der Waals surface area contributed by atoms with E-state index in [0.29, 0.717) is 5.56 Å². The predicted molar refractivity (Wildman–Crippen MR) is 277 cm³/mol. The number of benzene rings is 3. The molecule has 2 amide bonds. The highest BCUT2D eigenvalue weighted by Gasteiger charge is 2.79. The Morgan fingerprint density at radius 2 is 1.40 bits per heavy atom. The number of nitrogens with one attached hydrogen (secondary N) is 2. The smallest absolute Gasteiger partial charge is 0.338 e. The first-order chi connectivity index (χ1) is 38.3. The number of rotatable bonds is 17.